The Labute approximate surface area is 137 Å². The van der Waals surface area contributed by atoms with Crippen molar-refractivity contribution in [3.05, 3.63) is 29.8 Å². The topological polar surface area (TPSA) is 67.4 Å². The molecule has 1 aliphatic rings. The number of ether oxygens (including phenoxy) is 1. The van der Waals surface area contributed by atoms with Crippen LogP contribution in [-0.2, 0) is 9.53 Å². The highest BCUT2D eigenvalue weighted by Gasteiger charge is 2.34. The molecule has 1 atom stereocenters. The third kappa shape index (κ3) is 4.45. The molecule has 2 N–H and O–H groups in total. The number of amides is 1. The molecule has 0 saturated carbocycles. The zero-order valence-electron chi connectivity index (χ0n) is 13.0. The lowest BCUT2D eigenvalue weighted by molar-refractivity contribution is -0.122. The highest BCUT2D eigenvalue weighted by atomic mass is 35.5. The van der Waals surface area contributed by atoms with Gasteiger partial charge in [0.15, 0.2) is 0 Å². The molecule has 0 radical (unpaired) electrons. The van der Waals surface area contributed by atoms with E-state index in [0.29, 0.717) is 17.9 Å². The molecule has 5 nitrogen and oxygen atoms in total. The van der Waals surface area contributed by atoms with Gasteiger partial charge in [-0.15, -0.1) is 12.4 Å². The van der Waals surface area contributed by atoms with Gasteiger partial charge in [-0.1, -0.05) is 6.07 Å². The Bertz CT molecular complexity index is 528. The van der Waals surface area contributed by atoms with Crippen molar-refractivity contribution in [2.24, 2.45) is 0 Å². The van der Waals surface area contributed by atoms with E-state index in [1.165, 1.54) is 0 Å². The molecule has 1 unspecified atom stereocenters. The van der Waals surface area contributed by atoms with Gasteiger partial charge < -0.3 is 15.4 Å². The molecule has 1 aliphatic heterocycles. The number of piperidine rings is 1. The van der Waals surface area contributed by atoms with Gasteiger partial charge in [-0.05, 0) is 57.9 Å². The van der Waals surface area contributed by atoms with Crippen LogP contribution in [0.5, 0.6) is 0 Å². The van der Waals surface area contributed by atoms with Crippen molar-refractivity contribution >= 4 is 30.0 Å². The summed E-state index contributed by atoms with van der Waals surface area (Å²) in [4.78, 5) is 24.1. The highest BCUT2D eigenvalue weighted by molar-refractivity contribution is 5.99. The normalized spacial score (nSPS) is 20.6. The zero-order valence-corrected chi connectivity index (χ0v) is 13.8. The van der Waals surface area contributed by atoms with Gasteiger partial charge in [-0.25, -0.2) is 4.79 Å². The number of benzene rings is 1. The van der Waals surface area contributed by atoms with Gasteiger partial charge in [-0.2, -0.15) is 0 Å². The fourth-order valence-corrected chi connectivity index (χ4v) is 2.46. The van der Waals surface area contributed by atoms with Crippen molar-refractivity contribution in [3.8, 4) is 0 Å². The van der Waals surface area contributed by atoms with Gasteiger partial charge in [0.05, 0.1) is 17.7 Å². The van der Waals surface area contributed by atoms with Gasteiger partial charge in [0, 0.05) is 5.69 Å². The number of rotatable bonds is 4. The van der Waals surface area contributed by atoms with Crippen LogP contribution in [0.4, 0.5) is 5.69 Å². The number of hydrogen-bond acceptors (Lipinski definition) is 4. The van der Waals surface area contributed by atoms with E-state index in [0.717, 1.165) is 25.8 Å². The standard InChI is InChI=1S/C16H22N2O3.ClH/c1-3-21-14(19)12-7-6-8-13(11-12)18-15(20)16(2)9-4-5-10-17-16;/h6-8,11,17H,3-5,9-10H2,1-2H3,(H,18,20);1H. The summed E-state index contributed by atoms with van der Waals surface area (Å²) in [5, 5.41) is 6.15. The molecular weight excluding hydrogens is 304 g/mol. The molecule has 0 spiro atoms. The maximum absolute atomic E-state index is 12.4. The molecule has 2 rings (SSSR count). The SMILES string of the molecule is CCOC(=O)c1cccc(NC(=O)C2(C)CCCCN2)c1.Cl. The lowest BCUT2D eigenvalue weighted by Gasteiger charge is -2.33. The number of carbonyl (C=O) groups excluding carboxylic acids is 2. The van der Waals surface area contributed by atoms with Gasteiger partial charge in [0.25, 0.3) is 0 Å². The van der Waals surface area contributed by atoms with Crippen molar-refractivity contribution < 1.29 is 14.3 Å². The van der Waals surface area contributed by atoms with Crippen LogP contribution in [-0.4, -0.2) is 30.6 Å². The first-order valence-electron chi connectivity index (χ1n) is 7.39. The second-order valence-corrected chi connectivity index (χ2v) is 5.47. The fourth-order valence-electron chi connectivity index (χ4n) is 2.46. The number of anilines is 1. The molecule has 1 aromatic carbocycles. The van der Waals surface area contributed by atoms with E-state index in [1.807, 2.05) is 6.92 Å². The molecular formula is C16H23ClN2O3. The smallest absolute Gasteiger partial charge is 0.338 e. The molecule has 1 amide bonds. The van der Waals surface area contributed by atoms with E-state index < -0.39 is 5.54 Å². The number of halogens is 1. The lowest BCUT2D eigenvalue weighted by Crippen LogP contribution is -2.54. The largest absolute Gasteiger partial charge is 0.462 e. The Kier molecular flexibility index (Phi) is 6.84. The first-order chi connectivity index (χ1) is 10.0. The summed E-state index contributed by atoms with van der Waals surface area (Å²) >= 11 is 0. The van der Waals surface area contributed by atoms with Gasteiger partial charge in [0.2, 0.25) is 5.91 Å². The van der Waals surface area contributed by atoms with Crippen molar-refractivity contribution in [2.45, 2.75) is 38.6 Å². The number of esters is 1. The minimum atomic E-state index is -0.543. The molecule has 0 bridgehead atoms. The van der Waals surface area contributed by atoms with E-state index in [2.05, 4.69) is 10.6 Å². The predicted molar refractivity (Wildman–Crippen MR) is 88.5 cm³/mol. The van der Waals surface area contributed by atoms with Crippen LogP contribution in [0.3, 0.4) is 0 Å². The maximum Gasteiger partial charge on any atom is 0.338 e. The molecule has 1 saturated heterocycles. The van der Waals surface area contributed by atoms with E-state index in [9.17, 15) is 9.59 Å². The summed E-state index contributed by atoms with van der Waals surface area (Å²) in [6.45, 7) is 4.86. The van der Waals surface area contributed by atoms with Crippen LogP contribution in [0, 0.1) is 0 Å². The average Bonchev–Trinajstić information content (AvgIpc) is 2.48. The number of hydrogen-bond donors (Lipinski definition) is 2. The van der Waals surface area contributed by atoms with Crippen LogP contribution < -0.4 is 10.6 Å². The quantitative estimate of drug-likeness (QED) is 0.835. The Morgan fingerprint density at radius 1 is 1.36 bits per heavy atom. The third-order valence-corrected chi connectivity index (χ3v) is 3.75. The van der Waals surface area contributed by atoms with Crippen molar-refractivity contribution in [2.75, 3.05) is 18.5 Å². The highest BCUT2D eigenvalue weighted by Crippen LogP contribution is 2.21. The zero-order chi connectivity index (χ0) is 15.3. The van der Waals surface area contributed by atoms with E-state index >= 15 is 0 Å². The summed E-state index contributed by atoms with van der Waals surface area (Å²) in [5.74, 6) is -0.446. The van der Waals surface area contributed by atoms with Gasteiger partial charge >= 0.3 is 5.97 Å². The summed E-state index contributed by atoms with van der Waals surface area (Å²) in [7, 11) is 0. The summed E-state index contributed by atoms with van der Waals surface area (Å²) in [6.07, 6.45) is 2.96. The van der Waals surface area contributed by atoms with Crippen molar-refractivity contribution in [1.82, 2.24) is 5.32 Å². The van der Waals surface area contributed by atoms with E-state index in [4.69, 9.17) is 4.74 Å². The monoisotopic (exact) mass is 326 g/mol. The van der Waals surface area contributed by atoms with Gasteiger partial charge in [0.1, 0.15) is 0 Å². The molecule has 0 aromatic heterocycles. The predicted octanol–water partition coefficient (Wildman–Crippen LogP) is 2.76. The number of carbonyl (C=O) groups is 2. The Morgan fingerprint density at radius 2 is 2.14 bits per heavy atom. The maximum atomic E-state index is 12.4. The molecule has 1 heterocycles. The van der Waals surface area contributed by atoms with Crippen LogP contribution in [0.1, 0.15) is 43.5 Å². The minimum absolute atomic E-state index is 0. The Hall–Kier alpha value is -1.59. The lowest BCUT2D eigenvalue weighted by atomic mass is 9.90. The molecule has 6 heteroatoms. The summed E-state index contributed by atoms with van der Waals surface area (Å²) < 4.78 is 4.96. The first-order valence-corrected chi connectivity index (χ1v) is 7.39. The summed E-state index contributed by atoms with van der Waals surface area (Å²) in [6, 6.07) is 6.82. The van der Waals surface area contributed by atoms with Crippen LogP contribution >= 0.6 is 12.4 Å². The first kappa shape index (κ1) is 18.5. The second kappa shape index (κ2) is 8.15. The summed E-state index contributed by atoms with van der Waals surface area (Å²) in [5.41, 5.74) is 0.508. The molecule has 22 heavy (non-hydrogen) atoms. The molecule has 0 aliphatic carbocycles. The molecule has 1 aromatic rings. The van der Waals surface area contributed by atoms with Crippen LogP contribution in [0.25, 0.3) is 0 Å². The molecule has 122 valence electrons. The van der Waals surface area contributed by atoms with Crippen LogP contribution in [0.15, 0.2) is 24.3 Å². The van der Waals surface area contributed by atoms with Gasteiger partial charge in [-0.3, -0.25) is 4.79 Å². The van der Waals surface area contributed by atoms with Crippen molar-refractivity contribution in [1.29, 1.82) is 0 Å². The average molecular weight is 327 g/mol. The Morgan fingerprint density at radius 3 is 2.77 bits per heavy atom. The minimum Gasteiger partial charge on any atom is -0.462 e. The Balaban J connectivity index is 0.00000242. The fraction of sp³-hybridized carbons (Fsp3) is 0.500. The molecule has 1 fully saturated rings. The third-order valence-electron chi connectivity index (χ3n) is 3.75. The number of nitrogens with one attached hydrogen (secondary N) is 2. The van der Waals surface area contributed by atoms with E-state index in [1.54, 1.807) is 31.2 Å². The second-order valence-electron chi connectivity index (χ2n) is 5.47. The van der Waals surface area contributed by atoms with Crippen LogP contribution in [0.2, 0.25) is 0 Å². The van der Waals surface area contributed by atoms with Crippen molar-refractivity contribution in [3.63, 3.8) is 0 Å². The van der Waals surface area contributed by atoms with E-state index in [-0.39, 0.29) is 24.3 Å².